The topological polar surface area (TPSA) is 17.8 Å². The van der Waals surface area contributed by atoms with Crippen LogP contribution in [0.5, 0.6) is 0 Å². The van der Waals surface area contributed by atoms with Crippen LogP contribution in [0.4, 0.5) is 0 Å². The molecule has 1 aliphatic heterocycles. The van der Waals surface area contributed by atoms with Crippen molar-refractivity contribution in [2.75, 3.05) is 0 Å². The van der Waals surface area contributed by atoms with E-state index in [9.17, 15) is 0 Å². The molecule has 0 aliphatic carbocycles. The maximum atomic E-state index is 4.21. The quantitative estimate of drug-likeness (QED) is 0.648. The molecule has 0 N–H and O–H groups in total. The molecule has 1 aromatic heterocycles. The minimum atomic E-state index is 0.825. The molecule has 0 amide bonds. The van der Waals surface area contributed by atoms with E-state index in [1.807, 2.05) is 6.20 Å². The van der Waals surface area contributed by atoms with E-state index in [1.54, 1.807) is 0 Å². The number of nitrogens with zero attached hydrogens (tertiary/aromatic N) is 2. The van der Waals surface area contributed by atoms with E-state index in [2.05, 4.69) is 32.4 Å². The van der Waals surface area contributed by atoms with Gasteiger partial charge in [-0.15, -0.1) is 0 Å². The molecule has 0 fully saturated rings. The first-order valence-corrected chi connectivity index (χ1v) is 4.76. The first-order chi connectivity index (χ1) is 5.27. The van der Waals surface area contributed by atoms with E-state index in [0.29, 0.717) is 0 Å². The Bertz CT molecular complexity index is 267. The van der Waals surface area contributed by atoms with Crippen LogP contribution in [-0.4, -0.2) is 9.55 Å². The van der Waals surface area contributed by atoms with Gasteiger partial charge in [-0.05, 0) is 34.7 Å². The van der Waals surface area contributed by atoms with Gasteiger partial charge in [0.05, 0.1) is 0 Å². The fraction of sp³-hybridized carbons (Fsp3) is 0.625. The van der Waals surface area contributed by atoms with Gasteiger partial charge in [0, 0.05) is 18.4 Å². The van der Waals surface area contributed by atoms with Crippen molar-refractivity contribution in [3.05, 3.63) is 16.6 Å². The first kappa shape index (κ1) is 7.35. The van der Waals surface area contributed by atoms with E-state index in [4.69, 9.17) is 0 Å². The summed E-state index contributed by atoms with van der Waals surface area (Å²) >= 11 is 3.42. The third-order valence-corrected chi connectivity index (χ3v) is 2.93. The number of hydrogen-bond donors (Lipinski definition) is 0. The van der Waals surface area contributed by atoms with E-state index in [1.165, 1.54) is 18.5 Å². The number of hydrogen-bond acceptors (Lipinski definition) is 1. The van der Waals surface area contributed by atoms with Gasteiger partial charge in [-0.1, -0.05) is 6.92 Å². The van der Waals surface area contributed by atoms with Gasteiger partial charge in [0.15, 0.2) is 4.73 Å². The second-order valence-corrected chi connectivity index (χ2v) is 3.98. The zero-order valence-corrected chi connectivity index (χ0v) is 8.13. The van der Waals surface area contributed by atoms with Gasteiger partial charge in [0.1, 0.15) is 0 Å². The Balaban J connectivity index is 2.36. The minimum absolute atomic E-state index is 0.825. The van der Waals surface area contributed by atoms with Crippen molar-refractivity contribution in [3.63, 3.8) is 0 Å². The smallest absolute Gasteiger partial charge is 0.177 e. The van der Waals surface area contributed by atoms with E-state index in [-0.39, 0.29) is 0 Å². The molecule has 0 bridgehead atoms. The average molecular weight is 215 g/mol. The average Bonchev–Trinajstić information content (AvgIpc) is 2.32. The molecule has 1 atom stereocenters. The molecule has 0 spiro atoms. The SMILES string of the molecule is CC1CCn2c(cnc2Br)C1. The van der Waals surface area contributed by atoms with Crippen LogP contribution >= 0.6 is 15.9 Å². The van der Waals surface area contributed by atoms with Crippen LogP contribution < -0.4 is 0 Å². The van der Waals surface area contributed by atoms with Gasteiger partial charge < -0.3 is 4.57 Å². The summed E-state index contributed by atoms with van der Waals surface area (Å²) in [5, 5.41) is 0. The second-order valence-electron chi connectivity index (χ2n) is 3.27. The summed E-state index contributed by atoms with van der Waals surface area (Å²) in [5.41, 5.74) is 1.37. The summed E-state index contributed by atoms with van der Waals surface area (Å²) in [4.78, 5) is 4.21. The molecular weight excluding hydrogens is 204 g/mol. The fourth-order valence-corrected chi connectivity index (χ4v) is 2.10. The first-order valence-electron chi connectivity index (χ1n) is 3.97. The Morgan fingerprint density at radius 2 is 2.55 bits per heavy atom. The molecule has 1 aromatic rings. The third kappa shape index (κ3) is 1.22. The predicted molar refractivity (Wildman–Crippen MR) is 47.4 cm³/mol. The molecule has 0 saturated carbocycles. The molecule has 1 aliphatic rings. The Hall–Kier alpha value is -0.310. The van der Waals surface area contributed by atoms with Crippen molar-refractivity contribution in [1.29, 1.82) is 0 Å². The van der Waals surface area contributed by atoms with Crippen LogP contribution in [0.3, 0.4) is 0 Å². The summed E-state index contributed by atoms with van der Waals surface area (Å²) in [6.07, 6.45) is 4.43. The van der Waals surface area contributed by atoms with Gasteiger partial charge in [0.2, 0.25) is 0 Å². The Morgan fingerprint density at radius 3 is 3.36 bits per heavy atom. The molecule has 2 rings (SSSR count). The van der Waals surface area contributed by atoms with Gasteiger partial charge in [-0.3, -0.25) is 0 Å². The highest BCUT2D eigenvalue weighted by Crippen LogP contribution is 2.23. The number of rotatable bonds is 0. The van der Waals surface area contributed by atoms with Crippen LogP contribution in [0.2, 0.25) is 0 Å². The lowest BCUT2D eigenvalue weighted by Gasteiger charge is -2.20. The van der Waals surface area contributed by atoms with Gasteiger partial charge in [-0.2, -0.15) is 0 Å². The lowest BCUT2D eigenvalue weighted by Crippen LogP contribution is -2.16. The molecule has 60 valence electrons. The van der Waals surface area contributed by atoms with Crippen molar-refractivity contribution in [1.82, 2.24) is 9.55 Å². The van der Waals surface area contributed by atoms with Crippen molar-refractivity contribution >= 4 is 15.9 Å². The molecular formula is C8H11BrN2. The standard InChI is InChI=1S/C8H11BrN2/c1-6-2-3-11-7(4-6)5-10-8(11)9/h5-6H,2-4H2,1H3. The van der Waals surface area contributed by atoms with Gasteiger partial charge in [0.25, 0.3) is 0 Å². The molecule has 0 aromatic carbocycles. The fourth-order valence-electron chi connectivity index (χ4n) is 1.59. The van der Waals surface area contributed by atoms with E-state index in [0.717, 1.165) is 17.2 Å². The zero-order chi connectivity index (χ0) is 7.84. The van der Waals surface area contributed by atoms with Crippen molar-refractivity contribution in [3.8, 4) is 0 Å². The maximum Gasteiger partial charge on any atom is 0.177 e. The van der Waals surface area contributed by atoms with Gasteiger partial charge in [-0.25, -0.2) is 4.98 Å². The molecule has 2 heterocycles. The van der Waals surface area contributed by atoms with Gasteiger partial charge >= 0.3 is 0 Å². The highest BCUT2D eigenvalue weighted by Gasteiger charge is 2.16. The molecule has 3 heteroatoms. The summed E-state index contributed by atoms with van der Waals surface area (Å²) in [6, 6.07) is 0. The van der Waals surface area contributed by atoms with Crippen molar-refractivity contribution < 1.29 is 0 Å². The summed E-state index contributed by atoms with van der Waals surface area (Å²) in [6.45, 7) is 3.42. The second kappa shape index (κ2) is 2.63. The van der Waals surface area contributed by atoms with E-state index < -0.39 is 0 Å². The zero-order valence-electron chi connectivity index (χ0n) is 6.55. The van der Waals surface area contributed by atoms with Crippen LogP contribution in [0.15, 0.2) is 10.9 Å². The number of imidazole rings is 1. The Morgan fingerprint density at radius 1 is 1.73 bits per heavy atom. The molecule has 0 saturated heterocycles. The van der Waals surface area contributed by atoms with Crippen LogP contribution in [0, 0.1) is 5.92 Å². The summed E-state index contributed by atoms with van der Waals surface area (Å²) in [7, 11) is 0. The van der Waals surface area contributed by atoms with E-state index >= 15 is 0 Å². The normalized spacial score (nSPS) is 23.3. The van der Waals surface area contributed by atoms with Crippen LogP contribution in [0.1, 0.15) is 19.0 Å². The molecule has 2 nitrogen and oxygen atoms in total. The maximum absolute atomic E-state index is 4.21. The van der Waals surface area contributed by atoms with Crippen LogP contribution in [-0.2, 0) is 13.0 Å². The van der Waals surface area contributed by atoms with Crippen molar-refractivity contribution in [2.45, 2.75) is 26.3 Å². The van der Waals surface area contributed by atoms with Crippen LogP contribution in [0.25, 0.3) is 0 Å². The predicted octanol–water partition coefficient (Wildman–Crippen LogP) is 2.23. The molecule has 11 heavy (non-hydrogen) atoms. The Kier molecular flexibility index (Phi) is 1.75. The highest BCUT2D eigenvalue weighted by molar-refractivity contribution is 9.10. The number of fused-ring (bicyclic) bond motifs is 1. The summed E-state index contributed by atoms with van der Waals surface area (Å²) < 4.78 is 3.24. The Labute approximate surface area is 74.8 Å². The lowest BCUT2D eigenvalue weighted by molar-refractivity contribution is 0.413. The van der Waals surface area contributed by atoms with Crippen molar-refractivity contribution in [2.24, 2.45) is 5.92 Å². The monoisotopic (exact) mass is 214 g/mol. The molecule has 1 unspecified atom stereocenters. The largest absolute Gasteiger partial charge is 0.323 e. The third-order valence-electron chi connectivity index (χ3n) is 2.29. The number of aromatic nitrogens is 2. The number of halogens is 1. The highest BCUT2D eigenvalue weighted by atomic mass is 79.9. The molecule has 0 radical (unpaired) electrons. The summed E-state index contributed by atoms with van der Waals surface area (Å²) in [5.74, 6) is 0.825. The lowest BCUT2D eigenvalue weighted by atomic mass is 9.99. The minimum Gasteiger partial charge on any atom is -0.323 e.